The van der Waals surface area contributed by atoms with Crippen molar-refractivity contribution in [2.24, 2.45) is 5.92 Å². The number of hydrogen-bond donors (Lipinski definition) is 1. The van der Waals surface area contributed by atoms with Gasteiger partial charge in [-0.05, 0) is 43.9 Å². The fourth-order valence-corrected chi connectivity index (χ4v) is 2.87. The Bertz CT molecular complexity index is 470. The number of carbonyl (C=O) groups is 1. The summed E-state index contributed by atoms with van der Waals surface area (Å²) in [6.07, 6.45) is 6.25. The maximum absolute atomic E-state index is 14.0. The van der Waals surface area contributed by atoms with Crippen molar-refractivity contribution in [3.05, 3.63) is 29.6 Å². The van der Waals surface area contributed by atoms with E-state index in [0.29, 0.717) is 11.6 Å². The van der Waals surface area contributed by atoms with Crippen LogP contribution in [0, 0.1) is 11.7 Å². The molecule has 2 rings (SSSR count). The van der Waals surface area contributed by atoms with Crippen molar-refractivity contribution >= 4 is 11.7 Å². The lowest BCUT2D eigenvalue weighted by Gasteiger charge is -2.29. The zero-order valence-electron chi connectivity index (χ0n) is 12.1. The summed E-state index contributed by atoms with van der Waals surface area (Å²) in [6, 6.07) is 4.67. The molecule has 3 nitrogen and oxygen atoms in total. The number of ether oxygens (including phenoxy) is 1. The Labute approximate surface area is 119 Å². The summed E-state index contributed by atoms with van der Waals surface area (Å²) in [7, 11) is 1.29. The Hall–Kier alpha value is -1.58. The van der Waals surface area contributed by atoms with Crippen LogP contribution in [0.1, 0.15) is 49.4 Å². The number of methoxy groups -OCH3 is 1. The number of hydrogen-bond acceptors (Lipinski definition) is 3. The van der Waals surface area contributed by atoms with Crippen molar-refractivity contribution < 1.29 is 13.9 Å². The molecular weight excluding hydrogens is 257 g/mol. The summed E-state index contributed by atoms with van der Waals surface area (Å²) in [6.45, 7) is 2.10. The lowest BCUT2D eigenvalue weighted by Crippen LogP contribution is -2.28. The summed E-state index contributed by atoms with van der Waals surface area (Å²) in [5, 5.41) is 3.24. The normalized spacial score (nSPS) is 17.6. The average molecular weight is 279 g/mol. The monoisotopic (exact) mass is 279 g/mol. The Kier molecular flexibility index (Phi) is 4.99. The van der Waals surface area contributed by atoms with E-state index in [9.17, 15) is 9.18 Å². The fraction of sp³-hybridized carbons (Fsp3) is 0.562. The van der Waals surface area contributed by atoms with Crippen molar-refractivity contribution in [3.63, 3.8) is 0 Å². The smallest absolute Gasteiger partial charge is 0.337 e. The van der Waals surface area contributed by atoms with E-state index in [2.05, 4.69) is 17.0 Å². The molecule has 0 amide bonds. The highest BCUT2D eigenvalue weighted by molar-refractivity contribution is 5.89. The first-order valence-corrected chi connectivity index (χ1v) is 7.26. The molecule has 20 heavy (non-hydrogen) atoms. The zero-order valence-corrected chi connectivity index (χ0v) is 12.1. The number of halogens is 1. The van der Waals surface area contributed by atoms with Gasteiger partial charge >= 0.3 is 5.97 Å². The van der Waals surface area contributed by atoms with Crippen LogP contribution >= 0.6 is 0 Å². The quantitative estimate of drug-likeness (QED) is 0.847. The summed E-state index contributed by atoms with van der Waals surface area (Å²) in [5.41, 5.74) is 0.691. The Morgan fingerprint density at radius 2 is 2.05 bits per heavy atom. The topological polar surface area (TPSA) is 38.3 Å². The number of anilines is 1. The summed E-state index contributed by atoms with van der Waals surface area (Å²) < 4.78 is 18.6. The first-order valence-electron chi connectivity index (χ1n) is 7.26. The third kappa shape index (κ3) is 3.50. The molecule has 0 bridgehead atoms. The molecule has 0 aliphatic heterocycles. The van der Waals surface area contributed by atoms with Crippen molar-refractivity contribution in [3.8, 4) is 0 Å². The highest BCUT2D eigenvalue weighted by Crippen LogP contribution is 2.28. The number of rotatable bonds is 4. The van der Waals surface area contributed by atoms with Gasteiger partial charge in [0.05, 0.1) is 18.4 Å². The van der Waals surface area contributed by atoms with E-state index in [1.807, 2.05) is 0 Å². The van der Waals surface area contributed by atoms with Gasteiger partial charge in [0.1, 0.15) is 5.82 Å². The van der Waals surface area contributed by atoms with Gasteiger partial charge in [-0.1, -0.05) is 19.3 Å². The van der Waals surface area contributed by atoms with E-state index in [1.54, 1.807) is 12.1 Å². The molecule has 1 atom stereocenters. The Balaban J connectivity index is 2.03. The molecule has 0 saturated heterocycles. The second-order valence-electron chi connectivity index (χ2n) is 5.52. The van der Waals surface area contributed by atoms with Crippen LogP contribution in [0.3, 0.4) is 0 Å². The van der Waals surface area contributed by atoms with Crippen molar-refractivity contribution in [2.75, 3.05) is 12.4 Å². The molecular formula is C16H22FNO2. The predicted octanol–water partition coefficient (Wildman–Crippen LogP) is 3.99. The Morgan fingerprint density at radius 1 is 1.35 bits per heavy atom. The standard InChI is InChI=1S/C16H22FNO2/c1-11(12-6-4-3-5-7-12)18-15-9-8-13(10-14(15)17)16(19)20-2/h8-12,18H,3-7H2,1-2H3. The van der Waals surface area contributed by atoms with Crippen LogP contribution in [0.15, 0.2) is 18.2 Å². The van der Waals surface area contributed by atoms with E-state index in [4.69, 9.17) is 0 Å². The predicted molar refractivity (Wildman–Crippen MR) is 77.4 cm³/mol. The minimum atomic E-state index is -0.518. The molecule has 1 saturated carbocycles. The summed E-state index contributed by atoms with van der Waals surface area (Å²) in [5.74, 6) is -0.324. The van der Waals surface area contributed by atoms with E-state index in [-0.39, 0.29) is 11.6 Å². The minimum Gasteiger partial charge on any atom is -0.465 e. The molecule has 0 heterocycles. The second-order valence-corrected chi connectivity index (χ2v) is 5.52. The van der Waals surface area contributed by atoms with Gasteiger partial charge in [-0.25, -0.2) is 9.18 Å². The maximum atomic E-state index is 14.0. The summed E-state index contributed by atoms with van der Waals surface area (Å²) in [4.78, 5) is 11.3. The molecule has 110 valence electrons. The highest BCUT2D eigenvalue weighted by Gasteiger charge is 2.21. The minimum absolute atomic E-state index is 0.237. The van der Waals surface area contributed by atoms with Crippen LogP contribution in [-0.2, 0) is 4.74 Å². The molecule has 1 aromatic carbocycles. The van der Waals surface area contributed by atoms with Gasteiger partial charge in [0, 0.05) is 6.04 Å². The van der Waals surface area contributed by atoms with Crippen LogP contribution < -0.4 is 5.32 Å². The zero-order chi connectivity index (χ0) is 14.5. The van der Waals surface area contributed by atoms with Crippen molar-refractivity contribution in [2.45, 2.75) is 45.1 Å². The van der Waals surface area contributed by atoms with E-state index in [1.165, 1.54) is 45.3 Å². The molecule has 0 radical (unpaired) electrons. The van der Waals surface area contributed by atoms with Gasteiger partial charge in [-0.2, -0.15) is 0 Å². The van der Waals surface area contributed by atoms with Gasteiger partial charge in [0.15, 0.2) is 0 Å². The van der Waals surface area contributed by atoms with Crippen LogP contribution in [-0.4, -0.2) is 19.1 Å². The van der Waals surface area contributed by atoms with E-state index >= 15 is 0 Å². The molecule has 1 N–H and O–H groups in total. The number of benzene rings is 1. The molecule has 0 spiro atoms. The van der Waals surface area contributed by atoms with Crippen LogP contribution in [0.2, 0.25) is 0 Å². The molecule has 1 unspecified atom stereocenters. The fourth-order valence-electron chi connectivity index (χ4n) is 2.87. The molecule has 0 aromatic heterocycles. The number of carbonyl (C=O) groups excluding carboxylic acids is 1. The van der Waals surface area contributed by atoms with Crippen LogP contribution in [0.5, 0.6) is 0 Å². The lowest BCUT2D eigenvalue weighted by atomic mass is 9.84. The average Bonchev–Trinajstić information content (AvgIpc) is 2.49. The van der Waals surface area contributed by atoms with Crippen molar-refractivity contribution in [1.82, 2.24) is 0 Å². The largest absolute Gasteiger partial charge is 0.465 e. The van der Waals surface area contributed by atoms with Gasteiger partial charge in [0.2, 0.25) is 0 Å². The van der Waals surface area contributed by atoms with Crippen LogP contribution in [0.4, 0.5) is 10.1 Å². The highest BCUT2D eigenvalue weighted by atomic mass is 19.1. The molecule has 1 fully saturated rings. The van der Waals surface area contributed by atoms with Gasteiger partial charge in [-0.15, -0.1) is 0 Å². The van der Waals surface area contributed by atoms with Gasteiger partial charge < -0.3 is 10.1 Å². The molecule has 1 aliphatic carbocycles. The lowest BCUT2D eigenvalue weighted by molar-refractivity contribution is 0.0600. The maximum Gasteiger partial charge on any atom is 0.337 e. The SMILES string of the molecule is COC(=O)c1ccc(NC(C)C2CCCCC2)c(F)c1. The van der Waals surface area contributed by atoms with Gasteiger partial charge in [-0.3, -0.25) is 0 Å². The summed E-state index contributed by atoms with van der Waals surface area (Å²) >= 11 is 0. The third-order valence-corrected chi connectivity index (χ3v) is 4.13. The Morgan fingerprint density at radius 3 is 2.65 bits per heavy atom. The number of esters is 1. The first kappa shape index (κ1) is 14.8. The van der Waals surface area contributed by atoms with E-state index in [0.717, 1.165) is 0 Å². The number of nitrogens with one attached hydrogen (secondary N) is 1. The molecule has 1 aromatic rings. The van der Waals surface area contributed by atoms with Crippen molar-refractivity contribution in [1.29, 1.82) is 0 Å². The first-order chi connectivity index (χ1) is 9.61. The van der Waals surface area contributed by atoms with E-state index < -0.39 is 11.8 Å². The van der Waals surface area contributed by atoms with Gasteiger partial charge in [0.25, 0.3) is 0 Å². The third-order valence-electron chi connectivity index (χ3n) is 4.13. The second kappa shape index (κ2) is 6.73. The molecule has 4 heteroatoms. The van der Waals surface area contributed by atoms with Crippen LogP contribution in [0.25, 0.3) is 0 Å². The molecule has 1 aliphatic rings.